The number of likely N-dealkylation sites (tertiary alicyclic amines) is 1. The van der Waals surface area contributed by atoms with Gasteiger partial charge in [0.1, 0.15) is 0 Å². The van der Waals surface area contributed by atoms with Crippen molar-refractivity contribution >= 4 is 0 Å². The number of piperidine rings is 1. The Labute approximate surface area is 145 Å². The monoisotopic (exact) mass is 321 g/mol. The highest BCUT2D eigenvalue weighted by Crippen LogP contribution is 2.30. The minimum absolute atomic E-state index is 0.806. The van der Waals surface area contributed by atoms with Crippen LogP contribution in [0.3, 0.4) is 0 Å². The largest absolute Gasteiger partial charge is 0.300 e. The van der Waals surface area contributed by atoms with Crippen LogP contribution in [-0.2, 0) is 6.42 Å². The Morgan fingerprint density at radius 1 is 1.00 bits per heavy atom. The third-order valence-corrected chi connectivity index (χ3v) is 5.87. The fourth-order valence-electron chi connectivity index (χ4n) is 4.13. The SMILES string of the molecule is Cc1nc(CC2CCN(C3CCC3)CC2)ccc1-c1ccncc1. The van der Waals surface area contributed by atoms with E-state index in [1.807, 2.05) is 12.4 Å². The molecule has 3 heterocycles. The van der Waals surface area contributed by atoms with Crippen molar-refractivity contribution in [1.82, 2.24) is 14.9 Å². The molecule has 1 saturated carbocycles. The van der Waals surface area contributed by atoms with Gasteiger partial charge in [-0.3, -0.25) is 9.97 Å². The zero-order valence-electron chi connectivity index (χ0n) is 14.6. The van der Waals surface area contributed by atoms with Crippen LogP contribution >= 0.6 is 0 Å². The summed E-state index contributed by atoms with van der Waals surface area (Å²) >= 11 is 0. The number of nitrogens with zero attached hydrogens (tertiary/aromatic N) is 3. The van der Waals surface area contributed by atoms with E-state index in [0.717, 1.165) is 24.1 Å². The maximum absolute atomic E-state index is 4.89. The van der Waals surface area contributed by atoms with Gasteiger partial charge in [0.15, 0.2) is 0 Å². The number of hydrogen-bond donors (Lipinski definition) is 0. The molecule has 0 aromatic carbocycles. The van der Waals surface area contributed by atoms with Gasteiger partial charge in [-0.25, -0.2) is 0 Å². The molecule has 1 aliphatic carbocycles. The van der Waals surface area contributed by atoms with Crippen LogP contribution in [0.25, 0.3) is 11.1 Å². The Morgan fingerprint density at radius 2 is 1.75 bits per heavy atom. The fourth-order valence-corrected chi connectivity index (χ4v) is 4.13. The van der Waals surface area contributed by atoms with Crippen molar-refractivity contribution < 1.29 is 0 Å². The summed E-state index contributed by atoms with van der Waals surface area (Å²) in [6, 6.07) is 9.48. The number of aromatic nitrogens is 2. The fraction of sp³-hybridized carbons (Fsp3) is 0.524. The zero-order valence-corrected chi connectivity index (χ0v) is 14.6. The van der Waals surface area contributed by atoms with Gasteiger partial charge in [0.05, 0.1) is 0 Å². The standard InChI is InChI=1S/C21H27N3/c1-16-21(18-7-11-22-12-8-18)6-5-19(23-16)15-17-9-13-24(14-10-17)20-3-2-4-20/h5-8,11-12,17,20H,2-4,9-10,13-15H2,1H3. The normalized spacial score (nSPS) is 20.0. The second kappa shape index (κ2) is 7.02. The molecule has 1 aliphatic heterocycles. The zero-order chi connectivity index (χ0) is 16.4. The molecule has 0 radical (unpaired) electrons. The lowest BCUT2D eigenvalue weighted by Crippen LogP contribution is -2.45. The first-order chi connectivity index (χ1) is 11.8. The van der Waals surface area contributed by atoms with Crippen molar-refractivity contribution in [2.45, 2.75) is 51.5 Å². The lowest BCUT2D eigenvalue weighted by atomic mass is 9.86. The Hall–Kier alpha value is -1.74. The van der Waals surface area contributed by atoms with Crippen molar-refractivity contribution in [2.75, 3.05) is 13.1 Å². The highest BCUT2D eigenvalue weighted by atomic mass is 15.2. The average molecular weight is 321 g/mol. The molecule has 0 amide bonds. The molecule has 0 bridgehead atoms. The van der Waals surface area contributed by atoms with Crippen molar-refractivity contribution in [2.24, 2.45) is 5.92 Å². The first-order valence-electron chi connectivity index (χ1n) is 9.40. The molecule has 0 atom stereocenters. The van der Waals surface area contributed by atoms with E-state index >= 15 is 0 Å². The van der Waals surface area contributed by atoms with Gasteiger partial charge in [-0.1, -0.05) is 12.5 Å². The third kappa shape index (κ3) is 3.36. The number of aryl methyl sites for hydroxylation is 1. The first kappa shape index (κ1) is 15.8. The van der Waals surface area contributed by atoms with Crippen molar-refractivity contribution in [3.05, 3.63) is 48.0 Å². The van der Waals surface area contributed by atoms with Crippen LogP contribution in [0.4, 0.5) is 0 Å². The molecule has 4 rings (SSSR count). The van der Waals surface area contributed by atoms with Crippen LogP contribution < -0.4 is 0 Å². The van der Waals surface area contributed by atoms with E-state index < -0.39 is 0 Å². The first-order valence-corrected chi connectivity index (χ1v) is 9.40. The van der Waals surface area contributed by atoms with Crippen LogP contribution in [0.5, 0.6) is 0 Å². The minimum Gasteiger partial charge on any atom is -0.300 e. The predicted molar refractivity (Wildman–Crippen MR) is 97.8 cm³/mol. The molecule has 2 aromatic heterocycles. The Morgan fingerprint density at radius 3 is 2.38 bits per heavy atom. The van der Waals surface area contributed by atoms with Gasteiger partial charge in [-0.15, -0.1) is 0 Å². The molecule has 2 fully saturated rings. The maximum atomic E-state index is 4.89. The van der Waals surface area contributed by atoms with Crippen LogP contribution in [0, 0.1) is 12.8 Å². The van der Waals surface area contributed by atoms with E-state index in [2.05, 4.69) is 41.1 Å². The third-order valence-electron chi connectivity index (χ3n) is 5.87. The Kier molecular flexibility index (Phi) is 4.61. The molecule has 0 unspecified atom stereocenters. The topological polar surface area (TPSA) is 29.0 Å². The van der Waals surface area contributed by atoms with Crippen molar-refractivity contribution in [1.29, 1.82) is 0 Å². The van der Waals surface area contributed by atoms with E-state index in [0.29, 0.717) is 0 Å². The summed E-state index contributed by atoms with van der Waals surface area (Å²) in [5.41, 5.74) is 4.81. The molecular formula is C21H27N3. The van der Waals surface area contributed by atoms with Crippen molar-refractivity contribution in [3.63, 3.8) is 0 Å². The van der Waals surface area contributed by atoms with Gasteiger partial charge in [-0.2, -0.15) is 0 Å². The van der Waals surface area contributed by atoms with E-state index in [1.165, 1.54) is 62.0 Å². The molecule has 24 heavy (non-hydrogen) atoms. The van der Waals surface area contributed by atoms with E-state index in [9.17, 15) is 0 Å². The van der Waals surface area contributed by atoms with E-state index in [-0.39, 0.29) is 0 Å². The molecule has 2 aromatic rings. The van der Waals surface area contributed by atoms with Gasteiger partial charge in [0.2, 0.25) is 0 Å². The quantitative estimate of drug-likeness (QED) is 0.842. The second-order valence-corrected chi connectivity index (χ2v) is 7.44. The summed E-state index contributed by atoms with van der Waals surface area (Å²) in [6.07, 6.45) is 11.8. The Bertz CT molecular complexity index is 671. The second-order valence-electron chi connectivity index (χ2n) is 7.44. The highest BCUT2D eigenvalue weighted by molar-refractivity contribution is 5.65. The molecule has 1 saturated heterocycles. The molecule has 0 N–H and O–H groups in total. The Balaban J connectivity index is 1.38. The van der Waals surface area contributed by atoms with Crippen LogP contribution in [-0.4, -0.2) is 34.0 Å². The molecule has 3 heteroatoms. The van der Waals surface area contributed by atoms with Crippen molar-refractivity contribution in [3.8, 4) is 11.1 Å². The number of hydrogen-bond acceptors (Lipinski definition) is 3. The van der Waals surface area contributed by atoms with Crippen LogP contribution in [0.2, 0.25) is 0 Å². The lowest BCUT2D eigenvalue weighted by molar-refractivity contribution is 0.0844. The molecule has 2 aliphatic rings. The van der Waals surface area contributed by atoms with Crippen LogP contribution in [0.1, 0.15) is 43.5 Å². The van der Waals surface area contributed by atoms with Gasteiger partial charge in [0.25, 0.3) is 0 Å². The summed E-state index contributed by atoms with van der Waals surface area (Å²) in [4.78, 5) is 11.7. The van der Waals surface area contributed by atoms with Gasteiger partial charge < -0.3 is 4.90 Å². The van der Waals surface area contributed by atoms with E-state index in [4.69, 9.17) is 4.98 Å². The number of pyridine rings is 2. The van der Waals surface area contributed by atoms with Gasteiger partial charge in [-0.05, 0) is 81.8 Å². The average Bonchev–Trinajstić information content (AvgIpc) is 2.56. The minimum atomic E-state index is 0.806. The summed E-state index contributed by atoms with van der Waals surface area (Å²) in [6.45, 7) is 4.71. The highest BCUT2D eigenvalue weighted by Gasteiger charge is 2.28. The molecule has 3 nitrogen and oxygen atoms in total. The summed E-state index contributed by atoms with van der Waals surface area (Å²) in [5.74, 6) is 0.806. The molecular weight excluding hydrogens is 294 g/mol. The van der Waals surface area contributed by atoms with Gasteiger partial charge in [0, 0.05) is 35.4 Å². The maximum Gasteiger partial charge on any atom is 0.0454 e. The predicted octanol–water partition coefficient (Wildman–Crippen LogP) is 4.26. The smallest absolute Gasteiger partial charge is 0.0454 e. The van der Waals surface area contributed by atoms with Gasteiger partial charge >= 0.3 is 0 Å². The number of rotatable bonds is 4. The van der Waals surface area contributed by atoms with E-state index in [1.54, 1.807) is 0 Å². The summed E-state index contributed by atoms with van der Waals surface area (Å²) < 4.78 is 0. The lowest BCUT2D eigenvalue weighted by Gasteiger charge is -2.41. The molecule has 126 valence electrons. The van der Waals surface area contributed by atoms with Crippen LogP contribution in [0.15, 0.2) is 36.7 Å². The summed E-state index contributed by atoms with van der Waals surface area (Å²) in [7, 11) is 0. The molecule has 0 spiro atoms. The summed E-state index contributed by atoms with van der Waals surface area (Å²) in [5, 5.41) is 0.